The molecule has 0 radical (unpaired) electrons. The molecule has 0 aliphatic rings. The lowest BCUT2D eigenvalue weighted by atomic mass is 10.1. The van der Waals surface area contributed by atoms with E-state index in [2.05, 4.69) is 15.2 Å². The molecule has 0 aliphatic carbocycles. The number of carbonyl (C=O) groups is 1. The second-order valence-electron chi connectivity index (χ2n) is 5.56. The molecule has 0 spiro atoms. The van der Waals surface area contributed by atoms with Crippen LogP contribution >= 0.6 is 0 Å². The van der Waals surface area contributed by atoms with Crippen LogP contribution in [-0.2, 0) is 18.4 Å². The van der Waals surface area contributed by atoms with Gasteiger partial charge in [-0.15, -0.1) is 0 Å². The van der Waals surface area contributed by atoms with Crippen LogP contribution < -0.4 is 5.32 Å². The van der Waals surface area contributed by atoms with Crippen LogP contribution in [-0.4, -0.2) is 39.0 Å². The molecule has 5 heteroatoms. The maximum Gasteiger partial charge on any atom is 0.234 e. The Bertz CT molecular complexity index is 392. The highest BCUT2D eigenvalue weighted by molar-refractivity contribution is 5.78. The summed E-state index contributed by atoms with van der Waals surface area (Å²) in [4.78, 5) is 18.2. The molecule has 0 unspecified atom stereocenters. The van der Waals surface area contributed by atoms with E-state index in [1.807, 2.05) is 45.5 Å². The van der Waals surface area contributed by atoms with Gasteiger partial charge in [0.15, 0.2) is 0 Å². The van der Waals surface area contributed by atoms with Crippen molar-refractivity contribution in [1.82, 2.24) is 19.8 Å². The lowest BCUT2D eigenvalue weighted by Crippen LogP contribution is -2.45. The number of nitrogens with zero attached hydrogens (tertiary/aromatic N) is 3. The van der Waals surface area contributed by atoms with E-state index in [1.165, 1.54) is 0 Å². The number of imidazole rings is 1. The Morgan fingerprint density at radius 1 is 1.50 bits per heavy atom. The van der Waals surface area contributed by atoms with Gasteiger partial charge >= 0.3 is 0 Å². The van der Waals surface area contributed by atoms with Crippen LogP contribution in [0, 0.1) is 0 Å². The van der Waals surface area contributed by atoms with Gasteiger partial charge in [-0.05, 0) is 27.3 Å². The molecule has 0 aromatic carbocycles. The molecule has 0 saturated carbocycles. The van der Waals surface area contributed by atoms with Gasteiger partial charge in [-0.1, -0.05) is 6.92 Å². The van der Waals surface area contributed by atoms with Crippen molar-refractivity contribution in [3.63, 3.8) is 0 Å². The van der Waals surface area contributed by atoms with Crippen molar-refractivity contribution < 1.29 is 4.79 Å². The van der Waals surface area contributed by atoms with E-state index in [9.17, 15) is 4.79 Å². The molecule has 0 saturated heterocycles. The minimum absolute atomic E-state index is 0.0542. The summed E-state index contributed by atoms with van der Waals surface area (Å²) in [7, 11) is 1.96. The summed E-state index contributed by atoms with van der Waals surface area (Å²) in [5.74, 6) is 1.03. The van der Waals surface area contributed by atoms with Crippen molar-refractivity contribution in [3.05, 3.63) is 18.2 Å². The van der Waals surface area contributed by atoms with Gasteiger partial charge in [-0.2, -0.15) is 0 Å². The summed E-state index contributed by atoms with van der Waals surface area (Å²) in [6.07, 6.45) is 3.69. The largest absolute Gasteiger partial charge is 0.350 e. The maximum atomic E-state index is 11.9. The number of carbonyl (C=O) groups excluding carboxylic acids is 1. The first-order chi connectivity index (χ1) is 8.31. The quantitative estimate of drug-likeness (QED) is 0.855. The molecule has 0 atom stereocenters. The normalized spacial score (nSPS) is 11.9. The molecule has 1 heterocycles. The van der Waals surface area contributed by atoms with E-state index in [4.69, 9.17) is 0 Å². The molecule has 1 N–H and O–H groups in total. The molecule has 1 rings (SSSR count). The lowest BCUT2D eigenvalue weighted by Gasteiger charge is -2.24. The molecular weight excluding hydrogens is 228 g/mol. The summed E-state index contributed by atoms with van der Waals surface area (Å²) >= 11 is 0. The number of aromatic nitrogens is 2. The van der Waals surface area contributed by atoms with Gasteiger partial charge in [0.05, 0.1) is 13.1 Å². The second-order valence-corrected chi connectivity index (χ2v) is 5.56. The van der Waals surface area contributed by atoms with Crippen LogP contribution in [0.3, 0.4) is 0 Å². The summed E-state index contributed by atoms with van der Waals surface area (Å²) < 4.78 is 1.98. The van der Waals surface area contributed by atoms with E-state index in [-0.39, 0.29) is 11.4 Å². The van der Waals surface area contributed by atoms with Gasteiger partial charge in [-0.25, -0.2) is 4.98 Å². The molecule has 1 aromatic heterocycles. The lowest BCUT2D eigenvalue weighted by molar-refractivity contribution is -0.123. The first-order valence-corrected chi connectivity index (χ1v) is 6.31. The number of nitrogens with one attached hydrogen (secondary N) is 1. The molecule has 0 aliphatic heterocycles. The van der Waals surface area contributed by atoms with Crippen LogP contribution in [0.15, 0.2) is 12.4 Å². The number of aryl methyl sites for hydroxylation is 1. The van der Waals surface area contributed by atoms with Crippen molar-refractivity contribution in [2.24, 2.45) is 7.05 Å². The minimum Gasteiger partial charge on any atom is -0.350 e. The number of amides is 1. The Morgan fingerprint density at radius 3 is 2.61 bits per heavy atom. The van der Waals surface area contributed by atoms with Crippen LogP contribution in [0.2, 0.25) is 0 Å². The summed E-state index contributed by atoms with van der Waals surface area (Å²) in [5.41, 5.74) is -0.181. The third-order valence-corrected chi connectivity index (χ3v) is 2.61. The molecule has 0 fully saturated rings. The molecular formula is C13H24N4O. The smallest absolute Gasteiger partial charge is 0.234 e. The zero-order valence-electron chi connectivity index (χ0n) is 12.0. The van der Waals surface area contributed by atoms with Crippen LogP contribution in [0.1, 0.15) is 33.5 Å². The fourth-order valence-corrected chi connectivity index (χ4v) is 1.69. The van der Waals surface area contributed by atoms with Crippen molar-refractivity contribution in [2.75, 3.05) is 13.1 Å². The Kier molecular flexibility index (Phi) is 4.90. The monoisotopic (exact) mass is 252 g/mol. The summed E-state index contributed by atoms with van der Waals surface area (Å²) in [5, 5.41) is 2.97. The SMILES string of the molecule is CCN(CC(=O)NC(C)(C)C)Cc1nccn1C. The molecule has 102 valence electrons. The Hall–Kier alpha value is -1.36. The third kappa shape index (κ3) is 4.87. The van der Waals surface area contributed by atoms with Crippen LogP contribution in [0.4, 0.5) is 0 Å². The van der Waals surface area contributed by atoms with Crippen molar-refractivity contribution in [3.8, 4) is 0 Å². The Morgan fingerprint density at radius 2 is 2.17 bits per heavy atom. The highest BCUT2D eigenvalue weighted by Crippen LogP contribution is 2.03. The number of hydrogen-bond donors (Lipinski definition) is 1. The molecule has 18 heavy (non-hydrogen) atoms. The van der Waals surface area contributed by atoms with Crippen LogP contribution in [0.25, 0.3) is 0 Å². The minimum atomic E-state index is -0.181. The van der Waals surface area contributed by atoms with E-state index in [0.29, 0.717) is 13.1 Å². The molecule has 1 aromatic rings. The van der Waals surface area contributed by atoms with Crippen LogP contribution in [0.5, 0.6) is 0 Å². The Balaban J connectivity index is 2.52. The predicted molar refractivity (Wildman–Crippen MR) is 72.1 cm³/mol. The van der Waals surface area contributed by atoms with Gasteiger partial charge in [0, 0.05) is 25.0 Å². The third-order valence-electron chi connectivity index (χ3n) is 2.61. The van der Waals surface area contributed by atoms with E-state index in [0.717, 1.165) is 12.4 Å². The predicted octanol–water partition coefficient (Wildman–Crippen LogP) is 1.16. The highest BCUT2D eigenvalue weighted by Gasteiger charge is 2.16. The molecule has 5 nitrogen and oxygen atoms in total. The topological polar surface area (TPSA) is 50.2 Å². The molecule has 1 amide bonds. The maximum absolute atomic E-state index is 11.9. The van der Waals surface area contributed by atoms with Crippen molar-refractivity contribution in [1.29, 1.82) is 0 Å². The van der Waals surface area contributed by atoms with Crippen molar-refractivity contribution in [2.45, 2.75) is 39.8 Å². The van der Waals surface area contributed by atoms with Crippen molar-refractivity contribution >= 4 is 5.91 Å². The standard InChI is InChI=1S/C13H24N4O/c1-6-17(9-11-14-7-8-16(11)5)10-12(18)15-13(2,3)4/h7-8H,6,9-10H2,1-5H3,(H,15,18). The second kappa shape index (κ2) is 6.00. The number of likely N-dealkylation sites (N-methyl/N-ethyl adjacent to an activating group) is 1. The average Bonchev–Trinajstić information content (AvgIpc) is 2.60. The van der Waals surface area contributed by atoms with Gasteiger partial charge in [0.25, 0.3) is 0 Å². The van der Waals surface area contributed by atoms with Gasteiger partial charge < -0.3 is 9.88 Å². The number of rotatable bonds is 5. The zero-order chi connectivity index (χ0) is 13.8. The first-order valence-electron chi connectivity index (χ1n) is 6.31. The zero-order valence-corrected chi connectivity index (χ0v) is 12.0. The Labute approximate surface area is 109 Å². The van der Waals surface area contributed by atoms with Gasteiger partial charge in [0.1, 0.15) is 5.82 Å². The van der Waals surface area contributed by atoms with E-state index in [1.54, 1.807) is 6.20 Å². The fourth-order valence-electron chi connectivity index (χ4n) is 1.69. The summed E-state index contributed by atoms with van der Waals surface area (Å²) in [6, 6.07) is 0. The first kappa shape index (κ1) is 14.7. The van der Waals surface area contributed by atoms with E-state index >= 15 is 0 Å². The highest BCUT2D eigenvalue weighted by atomic mass is 16.2. The average molecular weight is 252 g/mol. The number of hydrogen-bond acceptors (Lipinski definition) is 3. The fraction of sp³-hybridized carbons (Fsp3) is 0.692. The molecule has 0 bridgehead atoms. The van der Waals surface area contributed by atoms with E-state index < -0.39 is 0 Å². The van der Waals surface area contributed by atoms with Gasteiger partial charge in [-0.3, -0.25) is 9.69 Å². The summed E-state index contributed by atoms with van der Waals surface area (Å²) in [6.45, 7) is 9.93. The van der Waals surface area contributed by atoms with Gasteiger partial charge in [0.2, 0.25) is 5.91 Å².